The van der Waals surface area contributed by atoms with Gasteiger partial charge in [0.1, 0.15) is 6.33 Å². The van der Waals surface area contributed by atoms with E-state index >= 15 is 0 Å². The predicted octanol–water partition coefficient (Wildman–Crippen LogP) is 1.34. The lowest BCUT2D eigenvalue weighted by molar-refractivity contribution is 0.484. The highest BCUT2D eigenvalue weighted by Gasteiger charge is 2.41. The van der Waals surface area contributed by atoms with Crippen LogP contribution in [0.3, 0.4) is 0 Å². The van der Waals surface area contributed by atoms with Crippen LogP contribution in [-0.2, 0) is 0 Å². The summed E-state index contributed by atoms with van der Waals surface area (Å²) in [5, 5.41) is 3.32. The Morgan fingerprint density at radius 2 is 2.10 bits per heavy atom. The largest absolute Gasteiger partial charge is 0.353 e. The lowest BCUT2D eigenvalue weighted by Crippen LogP contribution is -2.19. The second-order valence-electron chi connectivity index (χ2n) is 5.50. The highest BCUT2D eigenvalue weighted by atomic mass is 15.4. The van der Waals surface area contributed by atoms with Crippen LogP contribution in [0.4, 0.5) is 11.9 Å². The van der Waals surface area contributed by atoms with E-state index in [1.165, 1.54) is 25.7 Å². The van der Waals surface area contributed by atoms with Gasteiger partial charge in [0.05, 0.1) is 0 Å². The van der Waals surface area contributed by atoms with Crippen molar-refractivity contribution in [2.24, 2.45) is 11.3 Å². The van der Waals surface area contributed by atoms with Crippen LogP contribution < -0.4 is 16.6 Å². The summed E-state index contributed by atoms with van der Waals surface area (Å²) in [6, 6.07) is 0. The van der Waals surface area contributed by atoms with Crippen molar-refractivity contribution in [3.05, 3.63) is 18.7 Å². The Labute approximate surface area is 123 Å². The number of nitrogen functional groups attached to an aromatic ring is 1. The van der Waals surface area contributed by atoms with Gasteiger partial charge in [-0.3, -0.25) is 9.99 Å². The fraction of sp³-hybridized carbons (Fsp3) is 0.538. The maximum Gasteiger partial charge on any atom is 0.243 e. The zero-order chi connectivity index (χ0) is 14.7. The summed E-state index contributed by atoms with van der Waals surface area (Å²) in [4.78, 5) is 16.9. The van der Waals surface area contributed by atoms with Gasteiger partial charge in [-0.25, -0.2) is 10.8 Å². The minimum absolute atomic E-state index is 0.330. The number of imidazole rings is 1. The number of nitrogens with zero attached hydrogens (tertiary/aromatic N) is 5. The highest BCUT2D eigenvalue weighted by Crippen LogP contribution is 2.49. The molecule has 0 aromatic carbocycles. The first kappa shape index (κ1) is 13.7. The van der Waals surface area contributed by atoms with E-state index in [4.69, 9.17) is 5.84 Å². The molecule has 2 heterocycles. The number of rotatable bonds is 7. The van der Waals surface area contributed by atoms with Gasteiger partial charge < -0.3 is 5.32 Å². The van der Waals surface area contributed by atoms with Gasteiger partial charge in [-0.2, -0.15) is 15.0 Å². The number of anilines is 2. The molecule has 2 aromatic rings. The minimum atomic E-state index is 0.330. The molecule has 8 nitrogen and oxygen atoms in total. The summed E-state index contributed by atoms with van der Waals surface area (Å²) in [6.45, 7) is 3.11. The van der Waals surface area contributed by atoms with Crippen LogP contribution in [0.15, 0.2) is 18.7 Å². The Kier molecular flexibility index (Phi) is 3.70. The molecule has 8 heteroatoms. The SMILES string of the molecule is CCCC1(CNc2nc(NN)nc(-n3ccnc3)n2)CC1. The maximum atomic E-state index is 5.43. The Morgan fingerprint density at radius 1 is 1.29 bits per heavy atom. The van der Waals surface area contributed by atoms with Crippen molar-refractivity contribution in [1.29, 1.82) is 0 Å². The van der Waals surface area contributed by atoms with E-state index < -0.39 is 0 Å². The van der Waals surface area contributed by atoms with E-state index in [1.54, 1.807) is 23.3 Å². The molecule has 1 fully saturated rings. The Balaban J connectivity index is 1.77. The number of hydrazine groups is 1. The molecule has 0 amide bonds. The van der Waals surface area contributed by atoms with E-state index in [0.29, 0.717) is 23.3 Å². The van der Waals surface area contributed by atoms with Gasteiger partial charge in [0.25, 0.3) is 0 Å². The predicted molar refractivity (Wildman–Crippen MR) is 79.8 cm³/mol. The highest BCUT2D eigenvalue weighted by molar-refractivity contribution is 5.37. The van der Waals surface area contributed by atoms with Crippen LogP contribution in [-0.4, -0.2) is 31.0 Å². The monoisotopic (exact) mass is 288 g/mol. The molecule has 21 heavy (non-hydrogen) atoms. The number of nitrogens with two attached hydrogens (primary N) is 1. The summed E-state index contributed by atoms with van der Waals surface area (Å²) in [5.74, 6) is 6.77. The van der Waals surface area contributed by atoms with E-state index in [1.807, 2.05) is 0 Å². The smallest absolute Gasteiger partial charge is 0.243 e. The molecule has 0 aliphatic heterocycles. The molecule has 1 aliphatic carbocycles. The van der Waals surface area contributed by atoms with Crippen molar-refractivity contribution in [3.8, 4) is 5.95 Å². The zero-order valence-electron chi connectivity index (χ0n) is 12.1. The first-order chi connectivity index (χ1) is 10.2. The van der Waals surface area contributed by atoms with Gasteiger partial charge in [0, 0.05) is 18.9 Å². The average Bonchev–Trinajstić information content (AvgIpc) is 3.05. The molecule has 4 N–H and O–H groups in total. The first-order valence-corrected chi connectivity index (χ1v) is 7.19. The normalized spacial score (nSPS) is 15.7. The quantitative estimate of drug-likeness (QED) is 0.521. The van der Waals surface area contributed by atoms with Crippen molar-refractivity contribution in [2.45, 2.75) is 32.6 Å². The fourth-order valence-corrected chi connectivity index (χ4v) is 2.49. The minimum Gasteiger partial charge on any atom is -0.353 e. The van der Waals surface area contributed by atoms with E-state index in [-0.39, 0.29) is 0 Å². The molecule has 0 unspecified atom stereocenters. The van der Waals surface area contributed by atoms with Crippen LogP contribution in [0, 0.1) is 5.41 Å². The van der Waals surface area contributed by atoms with Gasteiger partial charge in [-0.15, -0.1) is 0 Å². The van der Waals surface area contributed by atoms with Gasteiger partial charge in [0.2, 0.25) is 17.8 Å². The molecular formula is C13H20N8. The van der Waals surface area contributed by atoms with Gasteiger partial charge >= 0.3 is 0 Å². The van der Waals surface area contributed by atoms with Crippen LogP contribution in [0.2, 0.25) is 0 Å². The molecule has 2 aromatic heterocycles. The van der Waals surface area contributed by atoms with E-state index in [2.05, 4.69) is 37.6 Å². The van der Waals surface area contributed by atoms with E-state index in [9.17, 15) is 0 Å². The van der Waals surface area contributed by atoms with Crippen molar-refractivity contribution < 1.29 is 0 Å². The molecule has 1 aliphatic rings. The molecule has 112 valence electrons. The van der Waals surface area contributed by atoms with Crippen LogP contribution in [0.1, 0.15) is 32.6 Å². The lowest BCUT2D eigenvalue weighted by atomic mass is 10.0. The maximum absolute atomic E-state index is 5.43. The molecule has 0 spiro atoms. The molecule has 0 radical (unpaired) electrons. The van der Waals surface area contributed by atoms with Gasteiger partial charge in [0.15, 0.2) is 0 Å². The lowest BCUT2D eigenvalue weighted by Gasteiger charge is -2.15. The summed E-state index contributed by atoms with van der Waals surface area (Å²) in [5.41, 5.74) is 2.90. The average molecular weight is 288 g/mol. The third-order valence-electron chi connectivity index (χ3n) is 3.85. The molecule has 1 saturated carbocycles. The summed E-state index contributed by atoms with van der Waals surface area (Å²) in [7, 11) is 0. The molecular weight excluding hydrogens is 268 g/mol. The third kappa shape index (κ3) is 3.10. The van der Waals surface area contributed by atoms with Gasteiger partial charge in [-0.1, -0.05) is 13.3 Å². The van der Waals surface area contributed by atoms with Crippen LogP contribution in [0.5, 0.6) is 0 Å². The van der Waals surface area contributed by atoms with E-state index in [0.717, 1.165) is 6.54 Å². The Bertz CT molecular complexity index is 590. The number of hydrogen-bond acceptors (Lipinski definition) is 7. The Morgan fingerprint density at radius 3 is 2.71 bits per heavy atom. The first-order valence-electron chi connectivity index (χ1n) is 7.19. The summed E-state index contributed by atoms with van der Waals surface area (Å²) < 4.78 is 1.71. The standard InChI is InChI=1S/C13H20N8/c1-2-3-13(4-5-13)8-16-10-17-11(20-14)19-12(18-10)21-7-6-15-9-21/h6-7,9H,2-5,8,14H2,1H3,(H2,16,17,18,19,20). The number of nitrogens with one attached hydrogen (secondary N) is 2. The summed E-state index contributed by atoms with van der Waals surface area (Å²) in [6.07, 6.45) is 10.1. The topological polar surface area (TPSA) is 107 Å². The molecule has 3 rings (SSSR count). The summed E-state index contributed by atoms with van der Waals surface area (Å²) >= 11 is 0. The third-order valence-corrected chi connectivity index (χ3v) is 3.85. The zero-order valence-corrected chi connectivity index (χ0v) is 12.1. The van der Waals surface area contributed by atoms with Crippen molar-refractivity contribution in [2.75, 3.05) is 17.3 Å². The fourth-order valence-electron chi connectivity index (χ4n) is 2.49. The Hall–Kier alpha value is -2.22. The van der Waals surface area contributed by atoms with Crippen LogP contribution in [0.25, 0.3) is 5.95 Å². The van der Waals surface area contributed by atoms with Crippen molar-refractivity contribution >= 4 is 11.9 Å². The molecule has 0 saturated heterocycles. The molecule has 0 atom stereocenters. The number of hydrogen-bond donors (Lipinski definition) is 3. The van der Waals surface area contributed by atoms with Crippen molar-refractivity contribution in [1.82, 2.24) is 24.5 Å². The van der Waals surface area contributed by atoms with Gasteiger partial charge in [-0.05, 0) is 24.7 Å². The second-order valence-corrected chi connectivity index (χ2v) is 5.50. The van der Waals surface area contributed by atoms with Crippen LogP contribution >= 0.6 is 0 Å². The van der Waals surface area contributed by atoms with Crippen molar-refractivity contribution in [3.63, 3.8) is 0 Å². The second kappa shape index (κ2) is 5.65. The number of aromatic nitrogens is 5. The molecule has 0 bridgehead atoms.